The summed E-state index contributed by atoms with van der Waals surface area (Å²) in [6, 6.07) is 4.27. The molecule has 5 heteroatoms. The lowest BCUT2D eigenvalue weighted by Gasteiger charge is -2.23. The summed E-state index contributed by atoms with van der Waals surface area (Å²) in [5, 5.41) is 2.96. The number of hydrogen-bond donors (Lipinski definition) is 2. The van der Waals surface area contributed by atoms with Crippen molar-refractivity contribution in [2.45, 2.75) is 31.7 Å². The van der Waals surface area contributed by atoms with Crippen molar-refractivity contribution in [3.05, 3.63) is 34.1 Å². The molecule has 1 saturated carbocycles. The fraction of sp³-hybridized carbons (Fsp3) is 0.500. The first-order valence-electron chi connectivity index (χ1n) is 6.58. The van der Waals surface area contributed by atoms with Gasteiger partial charge in [0, 0.05) is 18.2 Å². The number of amides is 1. The summed E-state index contributed by atoms with van der Waals surface area (Å²) in [7, 11) is 0. The Kier molecular flexibility index (Phi) is 4.93. The predicted molar refractivity (Wildman–Crippen MR) is 76.4 cm³/mol. The van der Waals surface area contributed by atoms with Crippen LogP contribution in [0, 0.1) is 11.7 Å². The van der Waals surface area contributed by atoms with Gasteiger partial charge in [-0.05, 0) is 52.9 Å². The van der Waals surface area contributed by atoms with Crippen LogP contribution in [0.25, 0.3) is 0 Å². The van der Waals surface area contributed by atoms with E-state index in [0.29, 0.717) is 22.5 Å². The van der Waals surface area contributed by atoms with E-state index in [9.17, 15) is 9.18 Å². The van der Waals surface area contributed by atoms with Gasteiger partial charge in [-0.25, -0.2) is 4.39 Å². The summed E-state index contributed by atoms with van der Waals surface area (Å²) in [4.78, 5) is 12.1. The molecule has 3 nitrogen and oxygen atoms in total. The van der Waals surface area contributed by atoms with E-state index in [1.54, 1.807) is 0 Å². The zero-order chi connectivity index (χ0) is 13.8. The van der Waals surface area contributed by atoms with Gasteiger partial charge in [-0.2, -0.15) is 0 Å². The van der Waals surface area contributed by atoms with Crippen LogP contribution in [0.15, 0.2) is 22.7 Å². The van der Waals surface area contributed by atoms with E-state index in [4.69, 9.17) is 5.73 Å². The first kappa shape index (κ1) is 14.5. The van der Waals surface area contributed by atoms with Crippen molar-refractivity contribution >= 4 is 21.8 Å². The Labute approximate surface area is 120 Å². The summed E-state index contributed by atoms with van der Waals surface area (Å²) in [6.07, 6.45) is 4.66. The van der Waals surface area contributed by atoms with Crippen LogP contribution in [-0.4, -0.2) is 18.5 Å². The van der Waals surface area contributed by atoms with E-state index in [1.165, 1.54) is 31.0 Å². The third-order valence-electron chi connectivity index (χ3n) is 3.72. The highest BCUT2D eigenvalue weighted by atomic mass is 79.9. The predicted octanol–water partition coefficient (Wildman–Crippen LogP) is 2.84. The van der Waals surface area contributed by atoms with Crippen molar-refractivity contribution in [3.8, 4) is 0 Å². The fourth-order valence-corrected chi connectivity index (χ4v) is 3.00. The molecule has 0 aromatic heterocycles. The van der Waals surface area contributed by atoms with E-state index in [1.807, 2.05) is 0 Å². The van der Waals surface area contributed by atoms with Crippen LogP contribution in [0.5, 0.6) is 0 Å². The van der Waals surface area contributed by atoms with Gasteiger partial charge in [-0.1, -0.05) is 12.8 Å². The van der Waals surface area contributed by atoms with Crippen LogP contribution in [0.3, 0.4) is 0 Å². The van der Waals surface area contributed by atoms with Gasteiger partial charge in [0.1, 0.15) is 5.82 Å². The molecule has 1 aliphatic carbocycles. The minimum absolute atomic E-state index is 0.0128. The second kappa shape index (κ2) is 6.48. The molecule has 0 heterocycles. The minimum atomic E-state index is -0.372. The largest absolute Gasteiger partial charge is 0.348 e. The zero-order valence-electron chi connectivity index (χ0n) is 10.7. The van der Waals surface area contributed by atoms with Gasteiger partial charge >= 0.3 is 0 Å². The monoisotopic (exact) mass is 328 g/mol. The second-order valence-corrected chi connectivity index (χ2v) is 5.84. The van der Waals surface area contributed by atoms with Crippen LogP contribution in [-0.2, 0) is 0 Å². The highest BCUT2D eigenvalue weighted by Crippen LogP contribution is 2.27. The number of benzene rings is 1. The van der Waals surface area contributed by atoms with E-state index < -0.39 is 0 Å². The van der Waals surface area contributed by atoms with E-state index in [2.05, 4.69) is 21.2 Å². The molecule has 0 spiro atoms. The highest BCUT2D eigenvalue weighted by molar-refractivity contribution is 9.10. The summed E-state index contributed by atoms with van der Waals surface area (Å²) < 4.78 is 13.4. The number of carbonyl (C=O) groups excluding carboxylic acids is 1. The van der Waals surface area contributed by atoms with Gasteiger partial charge in [0.25, 0.3) is 5.91 Å². The van der Waals surface area contributed by atoms with Crippen molar-refractivity contribution < 1.29 is 9.18 Å². The Hall–Kier alpha value is -0.940. The molecule has 1 amide bonds. The van der Waals surface area contributed by atoms with Crippen molar-refractivity contribution in [2.75, 3.05) is 6.54 Å². The maximum absolute atomic E-state index is 13.1. The van der Waals surface area contributed by atoms with E-state index >= 15 is 0 Å². The molecule has 0 saturated heterocycles. The number of nitrogens with two attached hydrogens (primary N) is 1. The molecular weight excluding hydrogens is 311 g/mol. The lowest BCUT2D eigenvalue weighted by Crippen LogP contribution is -2.44. The van der Waals surface area contributed by atoms with Crippen LogP contribution in [0.2, 0.25) is 0 Å². The highest BCUT2D eigenvalue weighted by Gasteiger charge is 2.25. The third kappa shape index (κ3) is 3.54. The normalized spacial score (nSPS) is 17.4. The Morgan fingerprint density at radius 3 is 2.74 bits per heavy atom. The van der Waals surface area contributed by atoms with Gasteiger partial charge in [0.05, 0.1) is 4.47 Å². The molecule has 1 atom stereocenters. The van der Waals surface area contributed by atoms with Crippen molar-refractivity contribution in [2.24, 2.45) is 11.7 Å². The Morgan fingerprint density at radius 1 is 1.47 bits per heavy atom. The second-order valence-electron chi connectivity index (χ2n) is 4.99. The number of rotatable bonds is 4. The average Bonchev–Trinajstić information content (AvgIpc) is 2.92. The summed E-state index contributed by atoms with van der Waals surface area (Å²) in [5.41, 5.74) is 6.20. The Balaban J connectivity index is 2.04. The standard InChI is InChI=1S/C14H18BrFN2O/c15-11-7-10(5-6-12(11)16)14(19)18-13(8-17)9-3-1-2-4-9/h5-7,9,13H,1-4,8,17H2,(H,18,19). The summed E-state index contributed by atoms with van der Waals surface area (Å²) in [5.74, 6) is -0.0939. The molecule has 2 rings (SSSR count). The van der Waals surface area contributed by atoms with Gasteiger partial charge in [0.15, 0.2) is 0 Å². The summed E-state index contributed by atoms with van der Waals surface area (Å²) in [6.45, 7) is 0.443. The molecule has 1 unspecified atom stereocenters. The first-order valence-corrected chi connectivity index (χ1v) is 7.37. The maximum atomic E-state index is 13.1. The molecule has 1 aromatic rings. The van der Waals surface area contributed by atoms with E-state index in [-0.39, 0.29) is 17.8 Å². The van der Waals surface area contributed by atoms with E-state index in [0.717, 1.165) is 12.8 Å². The molecule has 1 fully saturated rings. The zero-order valence-corrected chi connectivity index (χ0v) is 12.2. The topological polar surface area (TPSA) is 55.1 Å². The lowest BCUT2D eigenvalue weighted by atomic mass is 9.98. The molecule has 0 aliphatic heterocycles. The molecule has 19 heavy (non-hydrogen) atoms. The molecule has 0 radical (unpaired) electrons. The minimum Gasteiger partial charge on any atom is -0.348 e. The number of nitrogens with one attached hydrogen (secondary N) is 1. The first-order chi connectivity index (χ1) is 9.11. The van der Waals surface area contributed by atoms with Gasteiger partial charge in [-0.15, -0.1) is 0 Å². The van der Waals surface area contributed by atoms with Crippen LogP contribution in [0.4, 0.5) is 4.39 Å². The SMILES string of the molecule is NCC(NC(=O)c1ccc(F)c(Br)c1)C1CCCC1. The van der Waals surface area contributed by atoms with Gasteiger partial charge in [0.2, 0.25) is 0 Å². The molecule has 3 N–H and O–H groups in total. The van der Waals surface area contributed by atoms with Gasteiger partial charge < -0.3 is 11.1 Å². The van der Waals surface area contributed by atoms with Gasteiger partial charge in [-0.3, -0.25) is 4.79 Å². The molecule has 104 valence electrons. The van der Waals surface area contributed by atoms with Crippen molar-refractivity contribution in [1.82, 2.24) is 5.32 Å². The smallest absolute Gasteiger partial charge is 0.251 e. The molecule has 0 bridgehead atoms. The number of halogens is 2. The average molecular weight is 329 g/mol. The van der Waals surface area contributed by atoms with Crippen LogP contribution >= 0.6 is 15.9 Å². The van der Waals surface area contributed by atoms with Crippen molar-refractivity contribution in [1.29, 1.82) is 0 Å². The quantitative estimate of drug-likeness (QED) is 0.892. The van der Waals surface area contributed by atoms with Crippen LogP contribution in [0.1, 0.15) is 36.0 Å². The Bertz CT molecular complexity index is 461. The number of hydrogen-bond acceptors (Lipinski definition) is 2. The summed E-state index contributed by atoms with van der Waals surface area (Å²) >= 11 is 3.08. The molecule has 1 aromatic carbocycles. The fourth-order valence-electron chi connectivity index (χ4n) is 2.62. The lowest BCUT2D eigenvalue weighted by molar-refractivity contribution is 0.0924. The third-order valence-corrected chi connectivity index (χ3v) is 4.33. The molecule has 1 aliphatic rings. The van der Waals surface area contributed by atoms with Crippen LogP contribution < -0.4 is 11.1 Å². The number of carbonyl (C=O) groups is 1. The molecular formula is C14H18BrFN2O. The Morgan fingerprint density at radius 2 is 2.16 bits per heavy atom. The van der Waals surface area contributed by atoms with Crippen molar-refractivity contribution in [3.63, 3.8) is 0 Å². The maximum Gasteiger partial charge on any atom is 0.251 e.